The van der Waals surface area contributed by atoms with Crippen molar-refractivity contribution >= 4 is 23.2 Å². The SMILES string of the molecule is CC(C)CCCNC(=O)c1cc(N)cnc1Cl. The van der Waals surface area contributed by atoms with Crippen LogP contribution in [0.15, 0.2) is 12.3 Å². The lowest BCUT2D eigenvalue weighted by molar-refractivity contribution is 0.0952. The molecule has 0 saturated carbocycles. The lowest BCUT2D eigenvalue weighted by atomic mass is 10.1. The molecule has 94 valence electrons. The Kier molecular flexibility index (Phi) is 5.22. The van der Waals surface area contributed by atoms with Gasteiger partial charge in [-0.3, -0.25) is 4.79 Å². The smallest absolute Gasteiger partial charge is 0.254 e. The number of nitrogen functional groups attached to an aromatic ring is 1. The fraction of sp³-hybridized carbons (Fsp3) is 0.500. The first-order valence-electron chi connectivity index (χ1n) is 5.70. The summed E-state index contributed by atoms with van der Waals surface area (Å²) in [7, 11) is 0. The van der Waals surface area contributed by atoms with Crippen LogP contribution >= 0.6 is 11.6 Å². The normalized spacial score (nSPS) is 10.6. The number of hydrogen-bond donors (Lipinski definition) is 2. The number of rotatable bonds is 5. The fourth-order valence-corrected chi connectivity index (χ4v) is 1.62. The van der Waals surface area contributed by atoms with Crippen LogP contribution in [-0.4, -0.2) is 17.4 Å². The molecule has 0 aliphatic heterocycles. The van der Waals surface area contributed by atoms with Gasteiger partial charge in [-0.1, -0.05) is 25.4 Å². The van der Waals surface area contributed by atoms with E-state index in [-0.39, 0.29) is 11.1 Å². The Bertz CT molecular complexity index is 393. The van der Waals surface area contributed by atoms with E-state index in [2.05, 4.69) is 24.1 Å². The molecular formula is C12H18ClN3O. The van der Waals surface area contributed by atoms with Gasteiger partial charge in [0.15, 0.2) is 0 Å². The number of nitrogens with one attached hydrogen (secondary N) is 1. The topological polar surface area (TPSA) is 68.0 Å². The van der Waals surface area contributed by atoms with Crippen molar-refractivity contribution in [3.05, 3.63) is 23.0 Å². The van der Waals surface area contributed by atoms with Gasteiger partial charge in [0.05, 0.1) is 17.4 Å². The summed E-state index contributed by atoms with van der Waals surface area (Å²) >= 11 is 5.83. The number of carbonyl (C=O) groups excluding carboxylic acids is 1. The van der Waals surface area contributed by atoms with Crippen molar-refractivity contribution in [1.29, 1.82) is 0 Å². The van der Waals surface area contributed by atoms with Crippen molar-refractivity contribution < 1.29 is 4.79 Å². The number of nitrogens with two attached hydrogens (primary N) is 1. The summed E-state index contributed by atoms with van der Waals surface area (Å²) in [4.78, 5) is 15.6. The lowest BCUT2D eigenvalue weighted by Gasteiger charge is -2.08. The number of amides is 1. The number of hydrogen-bond acceptors (Lipinski definition) is 3. The first-order valence-corrected chi connectivity index (χ1v) is 6.07. The number of pyridine rings is 1. The Morgan fingerprint density at radius 3 is 2.94 bits per heavy atom. The molecule has 5 heteroatoms. The van der Waals surface area contributed by atoms with Crippen molar-refractivity contribution in [2.24, 2.45) is 5.92 Å². The zero-order valence-electron chi connectivity index (χ0n) is 10.2. The maximum atomic E-state index is 11.8. The van der Waals surface area contributed by atoms with Crippen molar-refractivity contribution in [2.45, 2.75) is 26.7 Å². The van der Waals surface area contributed by atoms with Crippen LogP contribution in [0.3, 0.4) is 0 Å². The zero-order chi connectivity index (χ0) is 12.8. The highest BCUT2D eigenvalue weighted by molar-refractivity contribution is 6.32. The molecule has 4 nitrogen and oxygen atoms in total. The van der Waals surface area contributed by atoms with Crippen LogP contribution in [0.25, 0.3) is 0 Å². The number of anilines is 1. The van der Waals surface area contributed by atoms with Crippen molar-refractivity contribution in [2.75, 3.05) is 12.3 Å². The Morgan fingerprint density at radius 2 is 2.29 bits per heavy atom. The first-order chi connectivity index (χ1) is 8.00. The van der Waals surface area contributed by atoms with E-state index >= 15 is 0 Å². The molecule has 3 N–H and O–H groups in total. The van der Waals surface area contributed by atoms with E-state index in [1.165, 1.54) is 12.3 Å². The third-order valence-corrected chi connectivity index (χ3v) is 2.65. The molecule has 1 aromatic rings. The molecule has 0 atom stereocenters. The summed E-state index contributed by atoms with van der Waals surface area (Å²) in [6.07, 6.45) is 3.47. The Labute approximate surface area is 107 Å². The lowest BCUT2D eigenvalue weighted by Crippen LogP contribution is -2.25. The monoisotopic (exact) mass is 255 g/mol. The summed E-state index contributed by atoms with van der Waals surface area (Å²) in [5.74, 6) is 0.420. The molecule has 1 rings (SSSR count). The van der Waals surface area contributed by atoms with Crippen LogP contribution in [-0.2, 0) is 0 Å². The van der Waals surface area contributed by atoms with Crippen molar-refractivity contribution in [1.82, 2.24) is 10.3 Å². The highest BCUT2D eigenvalue weighted by Gasteiger charge is 2.11. The minimum absolute atomic E-state index is 0.181. The molecule has 1 amide bonds. The molecule has 0 bridgehead atoms. The summed E-state index contributed by atoms with van der Waals surface area (Å²) in [5.41, 5.74) is 6.32. The second-order valence-electron chi connectivity index (χ2n) is 4.40. The molecule has 0 saturated heterocycles. The minimum Gasteiger partial charge on any atom is -0.397 e. The third-order valence-electron chi connectivity index (χ3n) is 2.35. The van der Waals surface area contributed by atoms with Crippen LogP contribution in [0.2, 0.25) is 5.15 Å². The Morgan fingerprint density at radius 1 is 1.59 bits per heavy atom. The number of nitrogens with zero attached hydrogens (tertiary/aromatic N) is 1. The predicted octanol–water partition coefficient (Wildman–Crippen LogP) is 2.48. The van der Waals surface area contributed by atoms with Gasteiger partial charge in [-0.2, -0.15) is 0 Å². The average Bonchev–Trinajstić information content (AvgIpc) is 2.27. The van der Waals surface area contributed by atoms with Gasteiger partial charge in [0.25, 0.3) is 5.91 Å². The average molecular weight is 256 g/mol. The molecule has 1 heterocycles. The van der Waals surface area contributed by atoms with E-state index in [1.807, 2.05) is 0 Å². The number of carbonyl (C=O) groups is 1. The minimum atomic E-state index is -0.224. The zero-order valence-corrected chi connectivity index (χ0v) is 10.9. The Hall–Kier alpha value is -1.29. The second kappa shape index (κ2) is 6.45. The quantitative estimate of drug-likeness (QED) is 0.627. The van der Waals surface area contributed by atoms with Gasteiger partial charge in [-0.25, -0.2) is 4.98 Å². The van der Waals surface area contributed by atoms with Gasteiger partial charge in [-0.15, -0.1) is 0 Å². The number of aromatic nitrogens is 1. The molecule has 0 aliphatic rings. The van der Waals surface area contributed by atoms with Gasteiger partial charge in [0.2, 0.25) is 0 Å². The molecule has 0 aliphatic carbocycles. The van der Waals surface area contributed by atoms with E-state index in [9.17, 15) is 4.79 Å². The summed E-state index contributed by atoms with van der Waals surface area (Å²) in [6, 6.07) is 1.53. The van der Waals surface area contributed by atoms with E-state index in [0.29, 0.717) is 23.7 Å². The van der Waals surface area contributed by atoms with Gasteiger partial charge in [-0.05, 0) is 24.8 Å². The summed E-state index contributed by atoms with van der Waals surface area (Å²) in [5, 5.41) is 2.98. The van der Waals surface area contributed by atoms with E-state index in [4.69, 9.17) is 17.3 Å². The van der Waals surface area contributed by atoms with E-state index in [0.717, 1.165) is 12.8 Å². The largest absolute Gasteiger partial charge is 0.397 e. The molecule has 0 unspecified atom stereocenters. The van der Waals surface area contributed by atoms with Crippen LogP contribution < -0.4 is 11.1 Å². The Balaban J connectivity index is 2.49. The van der Waals surface area contributed by atoms with Crippen LogP contribution in [0.1, 0.15) is 37.0 Å². The van der Waals surface area contributed by atoms with E-state index < -0.39 is 0 Å². The van der Waals surface area contributed by atoms with Crippen LogP contribution in [0.5, 0.6) is 0 Å². The molecule has 17 heavy (non-hydrogen) atoms. The van der Waals surface area contributed by atoms with Crippen LogP contribution in [0.4, 0.5) is 5.69 Å². The maximum Gasteiger partial charge on any atom is 0.254 e. The molecule has 0 spiro atoms. The van der Waals surface area contributed by atoms with Gasteiger partial charge < -0.3 is 11.1 Å². The van der Waals surface area contributed by atoms with Gasteiger partial charge in [0.1, 0.15) is 5.15 Å². The standard InChI is InChI=1S/C12H18ClN3O/c1-8(2)4-3-5-15-12(17)10-6-9(14)7-16-11(10)13/h6-8H,3-5,14H2,1-2H3,(H,15,17). The third kappa shape index (κ3) is 4.61. The molecule has 0 aromatic carbocycles. The highest BCUT2D eigenvalue weighted by Crippen LogP contribution is 2.15. The van der Waals surface area contributed by atoms with Crippen molar-refractivity contribution in [3.63, 3.8) is 0 Å². The predicted molar refractivity (Wildman–Crippen MR) is 70.1 cm³/mol. The molecule has 0 radical (unpaired) electrons. The van der Waals surface area contributed by atoms with Crippen LogP contribution in [0, 0.1) is 5.92 Å². The molecular weight excluding hydrogens is 238 g/mol. The number of halogens is 1. The molecule has 0 fully saturated rings. The van der Waals surface area contributed by atoms with E-state index in [1.54, 1.807) is 0 Å². The van der Waals surface area contributed by atoms with Gasteiger partial charge in [0, 0.05) is 6.54 Å². The first kappa shape index (κ1) is 13.8. The second-order valence-corrected chi connectivity index (χ2v) is 4.76. The summed E-state index contributed by atoms with van der Waals surface area (Å²) < 4.78 is 0. The molecule has 1 aromatic heterocycles. The van der Waals surface area contributed by atoms with Gasteiger partial charge >= 0.3 is 0 Å². The highest BCUT2D eigenvalue weighted by atomic mass is 35.5. The fourth-order valence-electron chi connectivity index (χ4n) is 1.43. The maximum absolute atomic E-state index is 11.8. The van der Waals surface area contributed by atoms with Crippen molar-refractivity contribution in [3.8, 4) is 0 Å². The summed E-state index contributed by atoms with van der Waals surface area (Å²) in [6.45, 7) is 4.95.